The predicted molar refractivity (Wildman–Crippen MR) is 170 cm³/mol. The predicted octanol–water partition coefficient (Wildman–Crippen LogP) is 0.245. The number of aliphatic carboxylic acids is 2. The first kappa shape index (κ1) is 35.4. The summed E-state index contributed by atoms with van der Waals surface area (Å²) in [5.41, 5.74) is 3.00. The van der Waals surface area contributed by atoms with Gasteiger partial charge in [-0.25, -0.2) is 14.6 Å². The molecular formula is C28H27ClN6O12S2. The van der Waals surface area contributed by atoms with Gasteiger partial charge in [0.25, 0.3) is 11.7 Å². The van der Waals surface area contributed by atoms with E-state index in [1.165, 1.54) is 24.1 Å². The molecule has 0 aliphatic carbocycles. The molecule has 4 atom stereocenters. The Morgan fingerprint density at radius 3 is 2.49 bits per heavy atom. The van der Waals surface area contributed by atoms with Crippen LogP contribution < -0.4 is 11.1 Å². The van der Waals surface area contributed by atoms with E-state index in [1.54, 1.807) is 0 Å². The number of nitrogens with two attached hydrogens (primary N) is 1. The van der Waals surface area contributed by atoms with Crippen molar-refractivity contribution >= 4 is 86.8 Å². The molecule has 3 aliphatic rings. The smallest absolute Gasteiger partial charge is 0.350 e. The summed E-state index contributed by atoms with van der Waals surface area (Å²) in [5.74, 6) is -10.0. The van der Waals surface area contributed by atoms with Crippen molar-refractivity contribution in [1.82, 2.24) is 20.1 Å². The first-order valence-electron chi connectivity index (χ1n) is 14.2. The quantitative estimate of drug-likeness (QED) is 0.0425. The number of fused-ring (bicyclic) bond motifs is 1. The highest BCUT2D eigenvalue weighted by Crippen LogP contribution is 2.53. The summed E-state index contributed by atoms with van der Waals surface area (Å²) >= 11 is 7.62. The monoisotopic (exact) mass is 738 g/mol. The number of oxime groups is 1. The number of aromatic hydroxyl groups is 2. The molecule has 3 amide bonds. The Kier molecular flexibility index (Phi) is 9.25. The van der Waals surface area contributed by atoms with Crippen LogP contribution in [0.2, 0.25) is 5.02 Å². The zero-order valence-electron chi connectivity index (χ0n) is 25.4. The van der Waals surface area contributed by atoms with Gasteiger partial charge in [-0.15, -0.1) is 11.3 Å². The maximum absolute atomic E-state index is 13.5. The number of nitrogens with zero attached hydrogens (tertiary/aromatic N) is 4. The molecule has 0 radical (unpaired) electrons. The van der Waals surface area contributed by atoms with E-state index in [0.717, 1.165) is 40.1 Å². The van der Waals surface area contributed by atoms with Gasteiger partial charge < -0.3 is 46.1 Å². The van der Waals surface area contributed by atoms with Crippen molar-refractivity contribution in [3.63, 3.8) is 0 Å². The number of benzene rings is 1. The minimum absolute atomic E-state index is 0.0185. The number of carbonyl (C=O) groups is 7. The number of hydrogen-bond acceptors (Lipinski definition) is 15. The van der Waals surface area contributed by atoms with Gasteiger partial charge in [0, 0.05) is 18.3 Å². The molecule has 3 aliphatic heterocycles. The van der Waals surface area contributed by atoms with Crippen LogP contribution in [-0.2, 0) is 33.6 Å². The fourth-order valence-electron chi connectivity index (χ4n) is 5.33. The number of thiazole rings is 1. The number of β-lactam (4-membered cyclic amide) rings is 1. The van der Waals surface area contributed by atoms with E-state index in [0.29, 0.717) is 0 Å². The fraction of sp³-hybridized carbons (Fsp3) is 0.393. The highest BCUT2D eigenvalue weighted by molar-refractivity contribution is 8.02. The lowest BCUT2D eigenvalue weighted by Crippen LogP contribution is -2.60. The number of nitrogens with one attached hydrogen (secondary N) is 1. The Hall–Kier alpha value is -4.95. The molecule has 260 valence electrons. The molecule has 0 spiro atoms. The van der Waals surface area contributed by atoms with Crippen molar-refractivity contribution in [2.75, 3.05) is 18.8 Å². The van der Waals surface area contributed by atoms with Crippen molar-refractivity contribution < 1.29 is 58.8 Å². The molecule has 49 heavy (non-hydrogen) atoms. The number of phenols is 2. The van der Waals surface area contributed by atoms with E-state index in [1.807, 2.05) is 0 Å². The maximum atomic E-state index is 13.5. The lowest BCUT2D eigenvalue weighted by Gasteiger charge is -2.40. The number of thioether (sulfide) groups is 1. The summed E-state index contributed by atoms with van der Waals surface area (Å²) in [6.45, 7) is 1.80. The Morgan fingerprint density at radius 2 is 1.88 bits per heavy atom. The first-order valence-corrected chi connectivity index (χ1v) is 16.4. The summed E-state index contributed by atoms with van der Waals surface area (Å²) in [7, 11) is 0. The van der Waals surface area contributed by atoms with Gasteiger partial charge >= 0.3 is 11.9 Å². The topological polar surface area (TPSA) is 279 Å². The van der Waals surface area contributed by atoms with Crippen LogP contribution in [0.4, 0.5) is 5.13 Å². The van der Waals surface area contributed by atoms with Gasteiger partial charge in [-0.3, -0.25) is 24.0 Å². The second-order valence-electron chi connectivity index (χ2n) is 11.6. The second kappa shape index (κ2) is 12.8. The summed E-state index contributed by atoms with van der Waals surface area (Å²) in [6, 6.07) is 0.628. The third-order valence-electron chi connectivity index (χ3n) is 8.09. The summed E-state index contributed by atoms with van der Waals surface area (Å²) in [5, 5.41) is 45.1. The molecule has 18 nitrogen and oxygen atoms in total. The lowest BCUT2D eigenvalue weighted by molar-refractivity contribution is -0.161. The number of hydrogen-bond donors (Lipinski definition) is 6. The van der Waals surface area contributed by atoms with Crippen LogP contribution in [0, 0.1) is 5.92 Å². The van der Waals surface area contributed by atoms with E-state index in [2.05, 4.69) is 15.5 Å². The van der Waals surface area contributed by atoms with E-state index in [4.69, 9.17) is 22.2 Å². The van der Waals surface area contributed by atoms with Gasteiger partial charge in [0.05, 0.1) is 28.4 Å². The minimum Gasteiger partial charge on any atom is -0.504 e. The molecule has 5 rings (SSSR count). The van der Waals surface area contributed by atoms with Crippen molar-refractivity contribution in [1.29, 1.82) is 0 Å². The number of anilines is 1. The molecule has 2 aromatic rings. The summed E-state index contributed by atoms with van der Waals surface area (Å²) in [6.07, 6.45) is -0.578. The molecule has 3 saturated heterocycles. The number of phenolic OH excluding ortho intramolecular Hbond substituents is 2. The number of aromatic nitrogens is 1. The third-order valence-corrected chi connectivity index (χ3v) is 10.9. The number of rotatable bonds is 12. The Labute approximate surface area is 288 Å². The van der Waals surface area contributed by atoms with Crippen LogP contribution in [0.1, 0.15) is 42.7 Å². The number of Topliss-reactive ketones (excluding diaryl/α,β-unsaturated/α-hetero) is 2. The van der Waals surface area contributed by atoms with Crippen molar-refractivity contribution in [2.24, 2.45) is 11.1 Å². The number of ketones is 2. The van der Waals surface area contributed by atoms with E-state index in [9.17, 15) is 54.0 Å². The average Bonchev–Trinajstić information content (AvgIpc) is 3.74. The Bertz CT molecular complexity index is 1850. The molecule has 0 bridgehead atoms. The van der Waals surface area contributed by atoms with Gasteiger partial charge in [-0.05, 0) is 32.4 Å². The van der Waals surface area contributed by atoms with E-state index < -0.39 is 110 Å². The summed E-state index contributed by atoms with van der Waals surface area (Å²) in [4.78, 5) is 99.1. The molecule has 1 unspecified atom stereocenters. The maximum Gasteiger partial charge on any atom is 0.350 e. The molecule has 1 aromatic carbocycles. The molecule has 21 heteroatoms. The number of carbonyl (C=O) groups excluding carboxylic acids is 5. The molecule has 3 fully saturated rings. The molecular weight excluding hydrogens is 712 g/mol. The van der Waals surface area contributed by atoms with Crippen LogP contribution in [-0.4, -0.2) is 117 Å². The van der Waals surface area contributed by atoms with Crippen molar-refractivity contribution in [3.05, 3.63) is 33.8 Å². The third kappa shape index (κ3) is 6.21. The molecule has 1 aromatic heterocycles. The number of nitrogen functional groups attached to an aromatic ring is 1. The van der Waals surface area contributed by atoms with Crippen LogP contribution in [0.15, 0.2) is 22.7 Å². The Balaban J connectivity index is 1.30. The van der Waals surface area contributed by atoms with Crippen LogP contribution in [0.5, 0.6) is 11.5 Å². The van der Waals surface area contributed by atoms with Crippen LogP contribution in [0.25, 0.3) is 0 Å². The number of carboxylic acids is 2. The second-order valence-corrected chi connectivity index (χ2v) is 14.3. The zero-order chi connectivity index (χ0) is 36.2. The number of halogens is 1. The fourth-order valence-corrected chi connectivity index (χ4v) is 7.83. The molecule has 4 heterocycles. The largest absolute Gasteiger partial charge is 0.504 e. The van der Waals surface area contributed by atoms with Crippen LogP contribution in [0.3, 0.4) is 0 Å². The number of likely N-dealkylation sites (tertiary alicyclic amines) is 1. The lowest BCUT2D eigenvalue weighted by atomic mass is 9.90. The van der Waals surface area contributed by atoms with Gasteiger partial charge in [-0.1, -0.05) is 28.5 Å². The number of amides is 3. The zero-order valence-corrected chi connectivity index (χ0v) is 27.8. The SMILES string of the molecule is CC(C)(O/N=C(\C(=O)C[C@@H]1C(=O)N2C[C@@](C(=O)O)(N3CCC(NC(=O)C(=O)c4ccc(O)c(O)c4Cl)C3=O)S[C@H]12)c1csc(N)n1)C(=O)O. The average molecular weight is 739 g/mol. The minimum atomic E-state index is -2.00. The molecule has 0 saturated carbocycles. The normalized spacial score (nSPS) is 23.6. The van der Waals surface area contributed by atoms with Crippen molar-refractivity contribution in [2.45, 2.75) is 48.6 Å². The van der Waals surface area contributed by atoms with Gasteiger partial charge in [0.15, 0.2) is 28.1 Å². The summed E-state index contributed by atoms with van der Waals surface area (Å²) < 4.78 is 0. The molecule has 7 N–H and O–H groups in total. The van der Waals surface area contributed by atoms with Gasteiger partial charge in [-0.2, -0.15) is 0 Å². The Morgan fingerprint density at radius 1 is 1.18 bits per heavy atom. The van der Waals surface area contributed by atoms with E-state index in [-0.39, 0.29) is 23.8 Å². The van der Waals surface area contributed by atoms with E-state index >= 15 is 0 Å². The highest BCUT2D eigenvalue weighted by atomic mass is 35.5. The first-order chi connectivity index (χ1) is 22.9. The van der Waals surface area contributed by atoms with Crippen LogP contribution >= 0.6 is 34.7 Å². The van der Waals surface area contributed by atoms with Gasteiger partial charge in [0.2, 0.25) is 22.3 Å². The number of carboxylic acid groups (broad SMARTS) is 2. The van der Waals surface area contributed by atoms with Gasteiger partial charge in [0.1, 0.15) is 11.7 Å². The van der Waals surface area contributed by atoms with Crippen molar-refractivity contribution in [3.8, 4) is 11.5 Å². The standard InChI is InChI=1S/C28H27ClN6O12S2/c1-27(2,24(43)44)47-33-17(13-8-48-26(30)32-13)15(37)7-11-21(41)34-9-28(25(45)46,49-23(11)34)35-6-5-12(22(35)42)31-20(40)18(38)10-3-4-14(36)19(39)16(10)29/h3-4,8,11-12,23,36,39H,5-7,9H2,1-2H3,(H2,30,32)(H,31,40)(H,43,44)(H,45,46)/b33-17-/t11-,12?,23-,28-/m1/s1. The highest BCUT2D eigenvalue weighted by Gasteiger charge is 2.66.